The van der Waals surface area contributed by atoms with Crippen molar-refractivity contribution >= 4 is 18.0 Å². The van der Waals surface area contributed by atoms with Crippen LogP contribution in [0, 0.1) is 11.8 Å². The zero-order valence-electron chi connectivity index (χ0n) is 19.8. The zero-order valence-corrected chi connectivity index (χ0v) is 19.8. The first-order valence-electron chi connectivity index (χ1n) is 11.6. The number of aliphatic hydroxyl groups is 5. The van der Waals surface area contributed by atoms with Gasteiger partial charge in [-0.25, -0.2) is 9.59 Å². The highest BCUT2D eigenvalue weighted by atomic mass is 16.8. The maximum Gasteiger partial charge on any atom is 0.335 e. The molecule has 1 aromatic carbocycles. The maximum absolute atomic E-state index is 12.3. The molecule has 7 N–H and O–H groups in total. The van der Waals surface area contributed by atoms with Crippen molar-refractivity contribution in [2.75, 3.05) is 13.2 Å². The molecule has 1 aromatic rings. The molecule has 206 valence electrons. The van der Waals surface area contributed by atoms with E-state index in [4.69, 9.17) is 18.9 Å². The van der Waals surface area contributed by atoms with Gasteiger partial charge in [0.15, 0.2) is 6.29 Å². The summed E-state index contributed by atoms with van der Waals surface area (Å²) in [6.45, 7) is -1.32. The van der Waals surface area contributed by atoms with Crippen LogP contribution in [-0.2, 0) is 28.5 Å². The normalized spacial score (nSPS) is 36.4. The number of benzene rings is 1. The molecule has 1 fully saturated rings. The van der Waals surface area contributed by atoms with Gasteiger partial charge >= 0.3 is 11.9 Å². The predicted octanol–water partition coefficient (Wildman–Crippen LogP) is -1.38. The van der Waals surface area contributed by atoms with Gasteiger partial charge in [0.05, 0.1) is 24.4 Å². The van der Waals surface area contributed by atoms with Gasteiger partial charge in [0.2, 0.25) is 6.29 Å². The van der Waals surface area contributed by atoms with Crippen molar-refractivity contribution < 1.29 is 64.3 Å². The van der Waals surface area contributed by atoms with E-state index in [0.29, 0.717) is 5.56 Å². The van der Waals surface area contributed by atoms with E-state index in [9.17, 15) is 45.3 Å². The first kappa shape index (κ1) is 27.7. The first-order valence-corrected chi connectivity index (χ1v) is 11.6. The van der Waals surface area contributed by atoms with Gasteiger partial charge in [-0.15, -0.1) is 0 Å². The van der Waals surface area contributed by atoms with Crippen LogP contribution in [0.1, 0.15) is 5.56 Å². The second-order valence-corrected chi connectivity index (χ2v) is 9.15. The van der Waals surface area contributed by atoms with Gasteiger partial charge in [0.25, 0.3) is 0 Å². The molecule has 0 aromatic heterocycles. The smallest absolute Gasteiger partial charge is 0.335 e. The van der Waals surface area contributed by atoms with Gasteiger partial charge in [0.1, 0.15) is 42.4 Å². The molecule has 0 bridgehead atoms. The minimum absolute atomic E-state index is 0.0551. The fourth-order valence-electron chi connectivity index (χ4n) is 4.57. The largest absolute Gasteiger partial charge is 0.508 e. The fourth-order valence-corrected chi connectivity index (χ4v) is 4.57. The predicted molar refractivity (Wildman–Crippen MR) is 125 cm³/mol. The van der Waals surface area contributed by atoms with Gasteiger partial charge in [0, 0.05) is 12.0 Å². The quantitative estimate of drug-likeness (QED) is 0.116. The topological polar surface area (TPSA) is 213 Å². The van der Waals surface area contributed by atoms with Gasteiger partial charge in [-0.3, -0.25) is 0 Å². The van der Waals surface area contributed by atoms with Gasteiger partial charge in [-0.1, -0.05) is 24.3 Å². The molecule has 0 radical (unpaired) electrons. The number of hydrogen-bond donors (Lipinski definition) is 7. The summed E-state index contributed by atoms with van der Waals surface area (Å²) in [6, 6.07) is 6.00. The number of esters is 1. The van der Waals surface area contributed by atoms with Crippen LogP contribution >= 0.6 is 0 Å². The molecule has 0 unspecified atom stereocenters. The van der Waals surface area contributed by atoms with E-state index < -0.39 is 79.6 Å². The van der Waals surface area contributed by atoms with Crippen LogP contribution in [0.25, 0.3) is 6.08 Å². The summed E-state index contributed by atoms with van der Waals surface area (Å²) in [5, 5.41) is 70.1. The lowest BCUT2D eigenvalue weighted by atomic mass is 9.79. The first-order chi connectivity index (χ1) is 18.0. The number of aromatic hydroxyl groups is 1. The number of aliphatic hydroxyl groups excluding tert-OH is 4. The Balaban J connectivity index is 1.50. The number of ether oxygens (including phenoxy) is 4. The number of carboxylic acid groups (broad SMARTS) is 1. The molecule has 0 amide bonds. The van der Waals surface area contributed by atoms with Gasteiger partial charge in [-0.05, 0) is 23.8 Å². The lowest BCUT2D eigenvalue weighted by Gasteiger charge is -2.44. The van der Waals surface area contributed by atoms with E-state index in [-0.39, 0.29) is 11.3 Å². The number of phenols is 1. The molecule has 13 heteroatoms. The van der Waals surface area contributed by atoms with Crippen LogP contribution in [0.5, 0.6) is 5.75 Å². The number of carbonyl (C=O) groups excluding carboxylic acids is 1. The van der Waals surface area contributed by atoms with Crippen LogP contribution < -0.4 is 0 Å². The molecular formula is C25H28O13. The minimum Gasteiger partial charge on any atom is -0.508 e. The monoisotopic (exact) mass is 536 g/mol. The van der Waals surface area contributed by atoms with Crippen LogP contribution in [0.15, 0.2) is 54.3 Å². The minimum atomic E-state index is -1.97. The molecule has 2 aliphatic heterocycles. The molecule has 9 atom stereocenters. The lowest BCUT2D eigenvalue weighted by Crippen LogP contribution is -2.61. The third kappa shape index (κ3) is 5.59. The third-order valence-corrected chi connectivity index (χ3v) is 6.65. The Bertz CT molecular complexity index is 1110. The highest BCUT2D eigenvalue weighted by Crippen LogP contribution is 2.45. The molecular weight excluding hydrogens is 508 g/mol. The Kier molecular flexibility index (Phi) is 8.18. The Morgan fingerprint density at radius 3 is 2.42 bits per heavy atom. The molecule has 1 saturated heterocycles. The second kappa shape index (κ2) is 11.2. The summed E-state index contributed by atoms with van der Waals surface area (Å²) >= 11 is 0. The van der Waals surface area contributed by atoms with Crippen LogP contribution in [0.3, 0.4) is 0 Å². The number of phenolic OH excluding ortho intramolecular Hbond substituents is 1. The summed E-state index contributed by atoms with van der Waals surface area (Å²) in [7, 11) is 0. The van der Waals surface area contributed by atoms with E-state index in [1.807, 2.05) is 0 Å². The average molecular weight is 536 g/mol. The van der Waals surface area contributed by atoms with Crippen LogP contribution in [-0.4, -0.2) is 103 Å². The van der Waals surface area contributed by atoms with Crippen LogP contribution in [0.4, 0.5) is 0 Å². The molecule has 3 aliphatic rings. The zero-order chi connectivity index (χ0) is 27.6. The average Bonchev–Trinajstić information content (AvgIpc) is 3.25. The number of hydrogen-bond acceptors (Lipinski definition) is 12. The van der Waals surface area contributed by atoms with Crippen LogP contribution in [0.2, 0.25) is 0 Å². The number of fused-ring (bicyclic) bond motifs is 1. The Hall–Kier alpha value is -3.30. The molecule has 1 aliphatic carbocycles. The molecule has 0 spiro atoms. The van der Waals surface area contributed by atoms with Crippen molar-refractivity contribution in [3.8, 4) is 5.75 Å². The van der Waals surface area contributed by atoms with E-state index >= 15 is 0 Å². The SMILES string of the molecule is O=C(C=Cc1ccc(O)cc1)OC[C@@]1(O)C=C[C@@H]2C(C(=O)O)=CO[C@@H](O[C@@H]3O[C@@H](CO)[C@@H](O)[C@@H](O)[C@H]3O)[C@@H]21. The Labute approximate surface area is 216 Å². The molecule has 38 heavy (non-hydrogen) atoms. The van der Waals surface area contributed by atoms with E-state index in [1.54, 1.807) is 12.1 Å². The van der Waals surface area contributed by atoms with Gasteiger partial charge in [-0.2, -0.15) is 0 Å². The lowest BCUT2D eigenvalue weighted by molar-refractivity contribution is -0.346. The van der Waals surface area contributed by atoms with Crippen molar-refractivity contribution in [2.24, 2.45) is 11.8 Å². The number of carboxylic acids is 1. The summed E-state index contributed by atoms with van der Waals surface area (Å²) in [5.41, 5.74) is -1.58. The van der Waals surface area contributed by atoms with Crippen molar-refractivity contribution in [3.63, 3.8) is 0 Å². The number of rotatable bonds is 8. The maximum atomic E-state index is 12.3. The van der Waals surface area contributed by atoms with Crippen molar-refractivity contribution in [2.45, 2.75) is 42.6 Å². The molecule has 4 rings (SSSR count). The standard InChI is InChI=1S/C25H28O13/c26-9-16-19(29)20(30)21(31)24(37-16)38-23-18-14(15(10-35-23)22(32)33)7-8-25(18,34)11-36-17(28)6-3-12-1-4-13(27)5-2-12/h1-8,10,14,16,18-21,23-24,26-27,29-31,34H,9,11H2,(H,32,33)/t14-,16+,18-,19-,20-,21-,23+,24+,25+/m1/s1. The fraction of sp³-hybridized carbons (Fsp3) is 0.440. The molecule has 0 saturated carbocycles. The molecule has 2 heterocycles. The highest BCUT2D eigenvalue weighted by Gasteiger charge is 2.56. The Morgan fingerprint density at radius 1 is 1.05 bits per heavy atom. The highest BCUT2D eigenvalue weighted by molar-refractivity contribution is 5.88. The Morgan fingerprint density at radius 2 is 1.76 bits per heavy atom. The number of aliphatic carboxylic acids is 1. The summed E-state index contributed by atoms with van der Waals surface area (Å²) in [4.78, 5) is 24.1. The third-order valence-electron chi connectivity index (χ3n) is 6.65. The summed E-state index contributed by atoms with van der Waals surface area (Å²) in [5.74, 6) is -4.23. The summed E-state index contributed by atoms with van der Waals surface area (Å²) in [6.07, 6.45) is -3.40. The van der Waals surface area contributed by atoms with Gasteiger partial charge < -0.3 is 54.7 Å². The molecule has 13 nitrogen and oxygen atoms in total. The summed E-state index contributed by atoms with van der Waals surface area (Å²) < 4.78 is 21.6. The van der Waals surface area contributed by atoms with E-state index in [1.165, 1.54) is 30.4 Å². The van der Waals surface area contributed by atoms with E-state index in [2.05, 4.69) is 0 Å². The van der Waals surface area contributed by atoms with E-state index in [0.717, 1.165) is 12.3 Å². The van der Waals surface area contributed by atoms with Crippen molar-refractivity contribution in [1.82, 2.24) is 0 Å². The van der Waals surface area contributed by atoms with Crippen molar-refractivity contribution in [3.05, 3.63) is 59.9 Å². The number of allylic oxidation sites excluding steroid dienone is 1. The van der Waals surface area contributed by atoms with Crippen molar-refractivity contribution in [1.29, 1.82) is 0 Å². The number of carbonyl (C=O) groups is 2. The second-order valence-electron chi connectivity index (χ2n) is 9.15.